The highest BCUT2D eigenvalue weighted by Crippen LogP contribution is 2.34. The Kier molecular flexibility index (Phi) is 5.37. The van der Waals surface area contributed by atoms with Gasteiger partial charge in [0.15, 0.2) is 0 Å². The van der Waals surface area contributed by atoms with Crippen molar-refractivity contribution in [1.82, 2.24) is 9.21 Å². The van der Waals surface area contributed by atoms with E-state index in [2.05, 4.69) is 0 Å². The van der Waals surface area contributed by atoms with E-state index in [-0.39, 0.29) is 18.8 Å². The number of nitro benzene ring substituents is 1. The van der Waals surface area contributed by atoms with Gasteiger partial charge >= 0.3 is 6.18 Å². The lowest BCUT2D eigenvalue weighted by atomic mass is 10.0. The fourth-order valence-corrected chi connectivity index (χ4v) is 4.40. The van der Waals surface area contributed by atoms with Crippen molar-refractivity contribution in [3.63, 3.8) is 0 Å². The molecule has 0 amide bonds. The van der Waals surface area contributed by atoms with Gasteiger partial charge in [-0.1, -0.05) is 0 Å². The van der Waals surface area contributed by atoms with E-state index in [4.69, 9.17) is 0 Å². The van der Waals surface area contributed by atoms with E-state index in [9.17, 15) is 31.7 Å². The highest BCUT2D eigenvalue weighted by atomic mass is 32.2. The van der Waals surface area contributed by atoms with Crippen LogP contribution < -0.4 is 0 Å². The number of piperazine rings is 1. The van der Waals surface area contributed by atoms with E-state index >= 15 is 0 Å². The molecule has 1 unspecified atom stereocenters. The summed E-state index contributed by atoms with van der Waals surface area (Å²) in [5.41, 5.74) is -0.874. The van der Waals surface area contributed by atoms with Crippen molar-refractivity contribution in [2.75, 3.05) is 19.6 Å². The standard InChI is InChI=1S/C15H20F3N3O4S/c1-14(2,3)19-8-9-20(13(10-19)15(16,17)18)26(24,25)12-6-4-11(5-7-12)21(22)23/h4-7,13H,8-10H2,1-3H3. The lowest BCUT2D eigenvalue weighted by Gasteiger charge is -2.46. The average Bonchev–Trinajstić information content (AvgIpc) is 2.52. The SMILES string of the molecule is CC(C)(C)N1CCN(S(=O)(=O)c2ccc([N+](=O)[O-])cc2)C(C(F)(F)F)C1. The van der Waals surface area contributed by atoms with Crippen LogP contribution in [0.3, 0.4) is 0 Å². The summed E-state index contributed by atoms with van der Waals surface area (Å²) in [6, 6.07) is 1.64. The molecule has 1 aliphatic rings. The van der Waals surface area contributed by atoms with E-state index in [1.165, 1.54) is 0 Å². The monoisotopic (exact) mass is 395 g/mol. The number of rotatable bonds is 3. The minimum absolute atomic E-state index is 0.155. The molecule has 0 aliphatic carbocycles. The topological polar surface area (TPSA) is 83.8 Å². The summed E-state index contributed by atoms with van der Waals surface area (Å²) in [5.74, 6) is 0. The molecule has 1 fully saturated rings. The zero-order chi connectivity index (χ0) is 19.9. The van der Waals surface area contributed by atoms with Gasteiger partial charge < -0.3 is 0 Å². The number of benzene rings is 1. The molecule has 0 aromatic heterocycles. The van der Waals surface area contributed by atoms with Crippen molar-refractivity contribution < 1.29 is 26.5 Å². The van der Waals surface area contributed by atoms with Crippen LogP contribution >= 0.6 is 0 Å². The third-order valence-corrected chi connectivity index (χ3v) is 6.23. The molecular weight excluding hydrogens is 375 g/mol. The highest BCUT2D eigenvalue weighted by molar-refractivity contribution is 7.89. The van der Waals surface area contributed by atoms with Crippen LogP contribution in [0.25, 0.3) is 0 Å². The molecule has 146 valence electrons. The maximum absolute atomic E-state index is 13.5. The second kappa shape index (κ2) is 6.78. The van der Waals surface area contributed by atoms with Crippen molar-refractivity contribution in [3.05, 3.63) is 34.4 Å². The number of nitrogens with zero attached hydrogens (tertiary/aromatic N) is 3. The van der Waals surface area contributed by atoms with E-state index < -0.39 is 44.1 Å². The summed E-state index contributed by atoms with van der Waals surface area (Å²) in [7, 11) is -4.44. The molecule has 0 spiro atoms. The number of nitro groups is 1. The molecule has 11 heteroatoms. The van der Waals surface area contributed by atoms with Crippen molar-refractivity contribution in [1.29, 1.82) is 0 Å². The number of alkyl halides is 3. The second-order valence-electron chi connectivity index (χ2n) is 7.04. The highest BCUT2D eigenvalue weighted by Gasteiger charge is 2.51. The lowest BCUT2D eigenvalue weighted by Crippen LogP contribution is -2.63. The molecule has 1 heterocycles. The summed E-state index contributed by atoms with van der Waals surface area (Å²) >= 11 is 0. The van der Waals surface area contributed by atoms with Crippen molar-refractivity contribution in [2.24, 2.45) is 0 Å². The lowest BCUT2D eigenvalue weighted by molar-refractivity contribution is -0.384. The first-order valence-corrected chi connectivity index (χ1v) is 9.26. The van der Waals surface area contributed by atoms with E-state index in [1.54, 1.807) is 25.7 Å². The molecular formula is C15H20F3N3O4S. The van der Waals surface area contributed by atoms with Gasteiger partial charge in [-0.2, -0.15) is 17.5 Å². The van der Waals surface area contributed by atoms with E-state index in [0.717, 1.165) is 24.3 Å². The van der Waals surface area contributed by atoms with Gasteiger partial charge in [0.25, 0.3) is 5.69 Å². The maximum atomic E-state index is 13.5. The Labute approximate surface area is 149 Å². The molecule has 0 saturated carbocycles. The van der Waals surface area contributed by atoms with Crippen LogP contribution in [0.15, 0.2) is 29.2 Å². The van der Waals surface area contributed by atoms with Crippen LogP contribution in [-0.2, 0) is 10.0 Å². The van der Waals surface area contributed by atoms with Gasteiger partial charge in [0.05, 0.1) is 9.82 Å². The largest absolute Gasteiger partial charge is 0.406 e. The molecule has 2 rings (SSSR count). The third-order valence-electron chi connectivity index (χ3n) is 4.31. The molecule has 1 aliphatic heterocycles. The number of halogens is 3. The zero-order valence-electron chi connectivity index (χ0n) is 14.5. The van der Waals surface area contributed by atoms with Gasteiger partial charge in [-0.15, -0.1) is 0 Å². The molecule has 1 aromatic carbocycles. The molecule has 1 saturated heterocycles. The first kappa shape index (κ1) is 20.6. The molecule has 1 aromatic rings. The molecule has 7 nitrogen and oxygen atoms in total. The van der Waals surface area contributed by atoms with Crippen LogP contribution in [-0.4, -0.2) is 59.9 Å². The molecule has 1 atom stereocenters. The number of hydrogen-bond donors (Lipinski definition) is 0. The van der Waals surface area contributed by atoms with Gasteiger partial charge in [-0.25, -0.2) is 8.42 Å². The Morgan fingerprint density at radius 3 is 2.08 bits per heavy atom. The van der Waals surface area contributed by atoms with Gasteiger partial charge in [0, 0.05) is 37.3 Å². The number of non-ortho nitro benzene ring substituents is 1. The Bertz CT molecular complexity index is 773. The first-order valence-electron chi connectivity index (χ1n) is 7.82. The summed E-state index contributed by atoms with van der Waals surface area (Å²) in [6.07, 6.45) is -4.74. The minimum Gasteiger partial charge on any atom is -0.295 e. The van der Waals surface area contributed by atoms with Gasteiger partial charge in [-0.3, -0.25) is 15.0 Å². The van der Waals surface area contributed by atoms with Crippen LogP contribution in [0.2, 0.25) is 0 Å². The number of hydrogen-bond acceptors (Lipinski definition) is 5. The van der Waals surface area contributed by atoms with Gasteiger partial charge in [0.1, 0.15) is 6.04 Å². The Morgan fingerprint density at radius 2 is 1.65 bits per heavy atom. The fourth-order valence-electron chi connectivity index (χ4n) is 2.81. The summed E-state index contributed by atoms with van der Waals surface area (Å²) in [6.45, 7) is 4.66. The maximum Gasteiger partial charge on any atom is 0.406 e. The fraction of sp³-hybridized carbons (Fsp3) is 0.600. The van der Waals surface area contributed by atoms with Crippen LogP contribution in [0.4, 0.5) is 18.9 Å². The predicted octanol–water partition coefficient (Wildman–Crippen LogP) is 2.63. The Balaban J connectivity index is 2.38. The molecule has 0 radical (unpaired) electrons. The normalized spacial score (nSPS) is 20.9. The van der Waals surface area contributed by atoms with Crippen LogP contribution in [0.1, 0.15) is 20.8 Å². The minimum atomic E-state index is -4.74. The quantitative estimate of drug-likeness (QED) is 0.580. The van der Waals surface area contributed by atoms with Gasteiger partial charge in [0.2, 0.25) is 10.0 Å². The van der Waals surface area contributed by atoms with Gasteiger partial charge in [-0.05, 0) is 32.9 Å². The summed E-state index contributed by atoms with van der Waals surface area (Å²) in [4.78, 5) is 11.1. The van der Waals surface area contributed by atoms with Crippen LogP contribution in [0.5, 0.6) is 0 Å². The molecule has 26 heavy (non-hydrogen) atoms. The van der Waals surface area contributed by atoms with Crippen molar-refractivity contribution >= 4 is 15.7 Å². The van der Waals surface area contributed by atoms with Crippen molar-refractivity contribution in [2.45, 2.75) is 43.4 Å². The molecule has 0 bridgehead atoms. The van der Waals surface area contributed by atoms with Crippen molar-refractivity contribution in [3.8, 4) is 0 Å². The Hall–Kier alpha value is -1.72. The predicted molar refractivity (Wildman–Crippen MR) is 88.2 cm³/mol. The molecule has 0 N–H and O–H groups in total. The summed E-state index contributed by atoms with van der Waals surface area (Å²) < 4.78 is 66.5. The second-order valence-corrected chi connectivity index (χ2v) is 8.93. The van der Waals surface area contributed by atoms with E-state index in [0.29, 0.717) is 4.31 Å². The Morgan fingerprint density at radius 1 is 1.12 bits per heavy atom. The summed E-state index contributed by atoms with van der Waals surface area (Å²) in [5, 5.41) is 10.7. The number of sulfonamides is 1. The third kappa shape index (κ3) is 4.15. The average molecular weight is 395 g/mol. The zero-order valence-corrected chi connectivity index (χ0v) is 15.3. The first-order chi connectivity index (χ1) is 11.7. The van der Waals surface area contributed by atoms with Crippen LogP contribution in [0, 0.1) is 10.1 Å². The smallest absolute Gasteiger partial charge is 0.295 e. The van der Waals surface area contributed by atoms with E-state index in [1.807, 2.05) is 0 Å².